The molecule has 0 spiro atoms. The number of hydrogen-bond donors (Lipinski definition) is 2. The number of aromatic nitrogens is 2. The summed E-state index contributed by atoms with van der Waals surface area (Å²) in [6.07, 6.45) is 0.983. The molecule has 0 unspecified atom stereocenters. The summed E-state index contributed by atoms with van der Waals surface area (Å²) in [5.74, 6) is -0.216. The number of halogens is 1. The van der Waals surface area contributed by atoms with Gasteiger partial charge in [-0.1, -0.05) is 37.3 Å². The largest absolute Gasteiger partial charge is 0.346 e. The molecule has 3 rings (SSSR count). The first-order chi connectivity index (χ1) is 12.7. The number of benzene rings is 2. The van der Waals surface area contributed by atoms with Crippen LogP contribution < -0.4 is 10.6 Å². The lowest BCUT2D eigenvalue weighted by atomic mass is 10.1. The number of rotatable bonds is 6. The molecule has 0 fully saturated rings. The van der Waals surface area contributed by atoms with E-state index in [9.17, 15) is 9.18 Å². The van der Waals surface area contributed by atoms with Crippen LogP contribution in [0.5, 0.6) is 0 Å². The van der Waals surface area contributed by atoms with Crippen LogP contribution in [0, 0.1) is 5.82 Å². The SMILES string of the molecule is CCc1ccc(Nc2ccc(C(=O)NCc3ccccc3F)nn2)cc1. The van der Waals surface area contributed by atoms with Gasteiger partial charge in [0.05, 0.1) is 0 Å². The molecule has 6 heteroatoms. The molecular formula is C20H19FN4O. The highest BCUT2D eigenvalue weighted by atomic mass is 19.1. The van der Waals surface area contributed by atoms with Gasteiger partial charge in [-0.2, -0.15) is 0 Å². The van der Waals surface area contributed by atoms with E-state index in [1.807, 2.05) is 24.3 Å². The van der Waals surface area contributed by atoms with E-state index < -0.39 is 5.91 Å². The third kappa shape index (κ3) is 4.42. The Hall–Kier alpha value is -3.28. The predicted molar refractivity (Wildman–Crippen MR) is 98.7 cm³/mol. The normalized spacial score (nSPS) is 10.4. The molecule has 0 aliphatic heterocycles. The molecule has 1 aromatic heterocycles. The van der Waals surface area contributed by atoms with Crippen molar-refractivity contribution in [3.05, 3.63) is 83.3 Å². The summed E-state index contributed by atoms with van der Waals surface area (Å²) >= 11 is 0. The van der Waals surface area contributed by atoms with Gasteiger partial charge in [0.25, 0.3) is 5.91 Å². The molecule has 0 bridgehead atoms. The molecule has 0 aliphatic rings. The van der Waals surface area contributed by atoms with Crippen LogP contribution in [0.2, 0.25) is 0 Å². The zero-order chi connectivity index (χ0) is 18.4. The number of hydrogen-bond acceptors (Lipinski definition) is 4. The number of amides is 1. The van der Waals surface area contributed by atoms with Crippen molar-refractivity contribution in [1.29, 1.82) is 0 Å². The summed E-state index contributed by atoms with van der Waals surface area (Å²) in [6, 6.07) is 17.6. The third-order valence-corrected chi connectivity index (χ3v) is 3.93. The fourth-order valence-electron chi connectivity index (χ4n) is 2.40. The van der Waals surface area contributed by atoms with Gasteiger partial charge in [-0.05, 0) is 42.3 Å². The number of nitrogens with zero attached hydrogens (tertiary/aromatic N) is 2. The van der Waals surface area contributed by atoms with Crippen molar-refractivity contribution in [3.8, 4) is 0 Å². The zero-order valence-corrected chi connectivity index (χ0v) is 14.4. The first-order valence-corrected chi connectivity index (χ1v) is 8.37. The van der Waals surface area contributed by atoms with Crippen LogP contribution in [-0.2, 0) is 13.0 Å². The maximum Gasteiger partial charge on any atom is 0.272 e. The second-order valence-electron chi connectivity index (χ2n) is 5.75. The molecule has 0 saturated heterocycles. The maximum absolute atomic E-state index is 13.6. The number of carbonyl (C=O) groups excluding carboxylic acids is 1. The molecule has 2 aromatic carbocycles. The highest BCUT2D eigenvalue weighted by Crippen LogP contribution is 2.15. The smallest absolute Gasteiger partial charge is 0.272 e. The van der Waals surface area contributed by atoms with E-state index in [2.05, 4.69) is 27.8 Å². The number of anilines is 2. The summed E-state index contributed by atoms with van der Waals surface area (Å²) in [6.45, 7) is 2.20. The molecule has 0 radical (unpaired) electrons. The highest BCUT2D eigenvalue weighted by molar-refractivity contribution is 5.92. The molecule has 0 saturated carbocycles. The summed E-state index contributed by atoms with van der Waals surface area (Å²) in [5.41, 5.74) is 2.74. The van der Waals surface area contributed by atoms with Gasteiger partial charge in [-0.3, -0.25) is 4.79 Å². The lowest BCUT2D eigenvalue weighted by Crippen LogP contribution is -2.24. The quantitative estimate of drug-likeness (QED) is 0.709. The Morgan fingerprint density at radius 1 is 1.00 bits per heavy atom. The number of carbonyl (C=O) groups is 1. The van der Waals surface area contributed by atoms with Crippen LogP contribution in [0.1, 0.15) is 28.5 Å². The second-order valence-corrected chi connectivity index (χ2v) is 5.75. The lowest BCUT2D eigenvalue weighted by molar-refractivity contribution is 0.0944. The Balaban J connectivity index is 1.59. The molecule has 26 heavy (non-hydrogen) atoms. The minimum Gasteiger partial charge on any atom is -0.346 e. The van der Waals surface area contributed by atoms with Crippen LogP contribution in [0.15, 0.2) is 60.7 Å². The van der Waals surface area contributed by atoms with E-state index >= 15 is 0 Å². The van der Waals surface area contributed by atoms with Crippen molar-refractivity contribution >= 4 is 17.4 Å². The standard InChI is InChI=1S/C20H19FN4O/c1-2-14-7-9-16(10-8-14)23-19-12-11-18(24-25-19)20(26)22-13-15-5-3-4-6-17(15)21/h3-12H,2,13H2,1H3,(H,22,26)(H,23,25). The first-order valence-electron chi connectivity index (χ1n) is 8.37. The summed E-state index contributed by atoms with van der Waals surface area (Å²) in [7, 11) is 0. The van der Waals surface area contributed by atoms with E-state index in [0.717, 1.165) is 12.1 Å². The topological polar surface area (TPSA) is 66.9 Å². The second kappa shape index (κ2) is 8.20. The van der Waals surface area contributed by atoms with E-state index in [-0.39, 0.29) is 18.1 Å². The summed E-state index contributed by atoms with van der Waals surface area (Å²) in [4.78, 5) is 12.1. The van der Waals surface area contributed by atoms with Gasteiger partial charge in [0.1, 0.15) is 5.82 Å². The van der Waals surface area contributed by atoms with Crippen LogP contribution in [0.4, 0.5) is 15.9 Å². The van der Waals surface area contributed by atoms with Crippen molar-refractivity contribution in [2.24, 2.45) is 0 Å². The molecule has 3 aromatic rings. The summed E-state index contributed by atoms with van der Waals surface area (Å²) in [5, 5.41) is 13.7. The van der Waals surface area contributed by atoms with Crippen molar-refractivity contribution in [2.45, 2.75) is 19.9 Å². The van der Waals surface area contributed by atoms with Crippen molar-refractivity contribution < 1.29 is 9.18 Å². The average Bonchev–Trinajstić information content (AvgIpc) is 2.68. The van der Waals surface area contributed by atoms with Gasteiger partial charge >= 0.3 is 0 Å². The number of aryl methyl sites for hydroxylation is 1. The first kappa shape index (κ1) is 17.5. The van der Waals surface area contributed by atoms with Gasteiger partial charge < -0.3 is 10.6 Å². The Bertz CT molecular complexity index is 879. The predicted octanol–water partition coefficient (Wildman–Crippen LogP) is 3.85. The van der Waals surface area contributed by atoms with Gasteiger partial charge in [0.15, 0.2) is 11.5 Å². The lowest BCUT2D eigenvalue weighted by Gasteiger charge is -2.07. The van der Waals surface area contributed by atoms with Gasteiger partial charge in [0.2, 0.25) is 0 Å². The molecule has 1 amide bonds. The number of nitrogens with one attached hydrogen (secondary N) is 2. The molecule has 5 nitrogen and oxygen atoms in total. The van der Waals surface area contributed by atoms with E-state index in [4.69, 9.17) is 0 Å². The van der Waals surface area contributed by atoms with Gasteiger partial charge in [-0.25, -0.2) is 4.39 Å². The Labute approximate surface area is 151 Å². The Morgan fingerprint density at radius 2 is 1.77 bits per heavy atom. The Morgan fingerprint density at radius 3 is 2.42 bits per heavy atom. The zero-order valence-electron chi connectivity index (χ0n) is 14.4. The van der Waals surface area contributed by atoms with Gasteiger partial charge in [0, 0.05) is 17.8 Å². The third-order valence-electron chi connectivity index (χ3n) is 3.93. The average molecular weight is 350 g/mol. The van der Waals surface area contributed by atoms with E-state index in [0.29, 0.717) is 11.4 Å². The molecule has 132 valence electrons. The molecule has 2 N–H and O–H groups in total. The highest BCUT2D eigenvalue weighted by Gasteiger charge is 2.09. The fourth-order valence-corrected chi connectivity index (χ4v) is 2.40. The molecule has 0 aliphatic carbocycles. The monoisotopic (exact) mass is 350 g/mol. The fraction of sp³-hybridized carbons (Fsp3) is 0.150. The van der Waals surface area contributed by atoms with Crippen LogP contribution >= 0.6 is 0 Å². The molecular weight excluding hydrogens is 331 g/mol. The summed E-state index contributed by atoms with van der Waals surface area (Å²) < 4.78 is 13.6. The maximum atomic E-state index is 13.6. The molecule has 0 atom stereocenters. The minimum atomic E-state index is -0.403. The van der Waals surface area contributed by atoms with E-state index in [1.54, 1.807) is 30.3 Å². The van der Waals surface area contributed by atoms with Crippen molar-refractivity contribution in [1.82, 2.24) is 15.5 Å². The van der Waals surface area contributed by atoms with E-state index in [1.165, 1.54) is 11.6 Å². The van der Waals surface area contributed by atoms with Crippen LogP contribution in [0.25, 0.3) is 0 Å². The van der Waals surface area contributed by atoms with Crippen molar-refractivity contribution in [2.75, 3.05) is 5.32 Å². The van der Waals surface area contributed by atoms with Crippen LogP contribution in [0.3, 0.4) is 0 Å². The minimum absolute atomic E-state index is 0.0942. The Kier molecular flexibility index (Phi) is 5.53. The van der Waals surface area contributed by atoms with Gasteiger partial charge in [-0.15, -0.1) is 10.2 Å². The molecule has 1 heterocycles. The van der Waals surface area contributed by atoms with Crippen molar-refractivity contribution in [3.63, 3.8) is 0 Å². The van der Waals surface area contributed by atoms with Crippen LogP contribution in [-0.4, -0.2) is 16.1 Å².